The van der Waals surface area contributed by atoms with Crippen LogP contribution in [0.3, 0.4) is 0 Å². The quantitative estimate of drug-likeness (QED) is 0.908. The number of halogens is 2. The molecule has 1 heterocycles. The number of rotatable bonds is 4. The standard InChI is InChI=1S/C14H16F2N2O3/c15-14(16)21-11-4-2-10(3-5-11)8-13(20)18-7-1-6-17-12(19)9-18/h2-5,14H,1,6-9H2,(H,17,19). The van der Waals surface area contributed by atoms with E-state index in [1.165, 1.54) is 17.0 Å². The molecule has 1 aromatic carbocycles. The van der Waals surface area contributed by atoms with Crippen LogP contribution in [0.5, 0.6) is 5.75 Å². The summed E-state index contributed by atoms with van der Waals surface area (Å²) in [7, 11) is 0. The molecule has 0 aliphatic carbocycles. The monoisotopic (exact) mass is 298 g/mol. The second kappa shape index (κ2) is 7.01. The van der Waals surface area contributed by atoms with Crippen molar-refractivity contribution in [2.45, 2.75) is 19.5 Å². The number of alkyl halides is 2. The minimum atomic E-state index is -2.87. The first-order chi connectivity index (χ1) is 10.0. The molecule has 0 radical (unpaired) electrons. The fourth-order valence-corrected chi connectivity index (χ4v) is 2.09. The summed E-state index contributed by atoms with van der Waals surface area (Å²) >= 11 is 0. The second-order valence-corrected chi connectivity index (χ2v) is 4.72. The van der Waals surface area contributed by atoms with Gasteiger partial charge in [0.1, 0.15) is 5.75 Å². The van der Waals surface area contributed by atoms with Crippen LogP contribution in [0.25, 0.3) is 0 Å². The summed E-state index contributed by atoms with van der Waals surface area (Å²) in [5, 5.41) is 2.70. The third-order valence-electron chi connectivity index (χ3n) is 3.12. The normalized spacial score (nSPS) is 15.6. The number of ether oxygens (including phenoxy) is 1. The van der Waals surface area contributed by atoms with Crippen LogP contribution >= 0.6 is 0 Å². The van der Waals surface area contributed by atoms with Crippen molar-refractivity contribution >= 4 is 11.8 Å². The summed E-state index contributed by atoms with van der Waals surface area (Å²) in [4.78, 5) is 25.0. The van der Waals surface area contributed by atoms with Crippen molar-refractivity contribution in [1.82, 2.24) is 10.2 Å². The molecule has 1 N–H and O–H groups in total. The van der Waals surface area contributed by atoms with Crippen molar-refractivity contribution < 1.29 is 23.1 Å². The Labute approximate surface area is 120 Å². The van der Waals surface area contributed by atoms with E-state index in [-0.39, 0.29) is 30.5 Å². The highest BCUT2D eigenvalue weighted by molar-refractivity contribution is 5.86. The highest BCUT2D eigenvalue weighted by Gasteiger charge is 2.19. The van der Waals surface area contributed by atoms with E-state index < -0.39 is 6.61 Å². The number of nitrogens with one attached hydrogen (secondary N) is 1. The van der Waals surface area contributed by atoms with E-state index in [2.05, 4.69) is 10.1 Å². The first kappa shape index (κ1) is 15.2. The number of carbonyl (C=O) groups excluding carboxylic acids is 2. The largest absolute Gasteiger partial charge is 0.435 e. The minimum Gasteiger partial charge on any atom is -0.435 e. The Morgan fingerprint density at radius 1 is 1.33 bits per heavy atom. The van der Waals surface area contributed by atoms with Gasteiger partial charge in [0.25, 0.3) is 0 Å². The number of hydrogen-bond acceptors (Lipinski definition) is 3. The molecule has 1 fully saturated rings. The SMILES string of the molecule is O=C1CN(C(=O)Cc2ccc(OC(F)F)cc2)CCCN1. The number of hydrogen-bond donors (Lipinski definition) is 1. The Morgan fingerprint density at radius 2 is 2.05 bits per heavy atom. The van der Waals surface area contributed by atoms with E-state index in [1.807, 2.05) is 0 Å². The Balaban J connectivity index is 1.93. The molecule has 1 aromatic rings. The molecule has 0 bridgehead atoms. The maximum atomic E-state index is 12.1. The molecule has 1 aliphatic rings. The molecule has 1 saturated heterocycles. The lowest BCUT2D eigenvalue weighted by atomic mass is 10.1. The molecular formula is C14H16F2N2O3. The van der Waals surface area contributed by atoms with Gasteiger partial charge in [-0.3, -0.25) is 9.59 Å². The minimum absolute atomic E-state index is 0.0512. The Hall–Kier alpha value is -2.18. The smallest absolute Gasteiger partial charge is 0.387 e. The summed E-state index contributed by atoms with van der Waals surface area (Å²) in [6.45, 7) is -1.70. The van der Waals surface area contributed by atoms with Crippen molar-refractivity contribution in [2.24, 2.45) is 0 Å². The zero-order valence-electron chi connectivity index (χ0n) is 11.4. The highest BCUT2D eigenvalue weighted by atomic mass is 19.3. The molecule has 7 heteroatoms. The molecule has 0 saturated carbocycles. The first-order valence-electron chi connectivity index (χ1n) is 6.63. The van der Waals surface area contributed by atoms with Crippen LogP contribution in [0.4, 0.5) is 8.78 Å². The van der Waals surface area contributed by atoms with Crippen LogP contribution in [-0.4, -0.2) is 43.0 Å². The van der Waals surface area contributed by atoms with E-state index in [0.29, 0.717) is 18.7 Å². The van der Waals surface area contributed by atoms with Crippen LogP contribution in [0.1, 0.15) is 12.0 Å². The van der Waals surface area contributed by atoms with Crippen molar-refractivity contribution in [3.05, 3.63) is 29.8 Å². The van der Waals surface area contributed by atoms with Crippen LogP contribution in [0.2, 0.25) is 0 Å². The van der Waals surface area contributed by atoms with Crippen molar-refractivity contribution in [1.29, 1.82) is 0 Å². The molecule has 2 amide bonds. The van der Waals surface area contributed by atoms with E-state index >= 15 is 0 Å². The van der Waals surface area contributed by atoms with Crippen molar-refractivity contribution in [3.63, 3.8) is 0 Å². The van der Waals surface area contributed by atoms with Gasteiger partial charge in [-0.15, -0.1) is 0 Å². The van der Waals surface area contributed by atoms with Gasteiger partial charge < -0.3 is 15.0 Å². The van der Waals surface area contributed by atoms with Crippen molar-refractivity contribution in [2.75, 3.05) is 19.6 Å². The third kappa shape index (κ3) is 4.70. The fraction of sp³-hybridized carbons (Fsp3) is 0.429. The molecule has 21 heavy (non-hydrogen) atoms. The predicted molar refractivity (Wildman–Crippen MR) is 71.0 cm³/mol. The van der Waals surface area contributed by atoms with Gasteiger partial charge in [-0.2, -0.15) is 8.78 Å². The number of nitrogens with zero attached hydrogens (tertiary/aromatic N) is 1. The van der Waals surface area contributed by atoms with E-state index in [9.17, 15) is 18.4 Å². The van der Waals surface area contributed by atoms with Gasteiger partial charge >= 0.3 is 6.61 Å². The summed E-state index contributed by atoms with van der Waals surface area (Å²) in [5.41, 5.74) is 0.686. The molecule has 0 aromatic heterocycles. The summed E-state index contributed by atoms with van der Waals surface area (Å²) in [6.07, 6.45) is 0.848. The summed E-state index contributed by atoms with van der Waals surface area (Å²) < 4.78 is 28.3. The second-order valence-electron chi connectivity index (χ2n) is 4.72. The zero-order valence-corrected chi connectivity index (χ0v) is 11.4. The van der Waals surface area contributed by atoms with Gasteiger partial charge in [-0.1, -0.05) is 12.1 Å². The van der Waals surface area contributed by atoms with Crippen molar-refractivity contribution in [3.8, 4) is 5.75 Å². The third-order valence-corrected chi connectivity index (χ3v) is 3.12. The summed E-state index contributed by atoms with van der Waals surface area (Å²) in [6, 6.07) is 5.91. The Morgan fingerprint density at radius 3 is 2.71 bits per heavy atom. The molecule has 5 nitrogen and oxygen atoms in total. The lowest BCUT2D eigenvalue weighted by Crippen LogP contribution is -2.38. The maximum absolute atomic E-state index is 12.1. The average molecular weight is 298 g/mol. The molecule has 0 unspecified atom stereocenters. The highest BCUT2D eigenvalue weighted by Crippen LogP contribution is 2.15. The molecule has 0 spiro atoms. The molecule has 2 rings (SSSR count). The fourth-order valence-electron chi connectivity index (χ4n) is 2.09. The van der Waals surface area contributed by atoms with E-state index in [4.69, 9.17) is 0 Å². The molecule has 0 atom stereocenters. The number of carbonyl (C=O) groups is 2. The van der Waals surface area contributed by atoms with Gasteiger partial charge in [0.05, 0.1) is 13.0 Å². The average Bonchev–Trinajstić information content (AvgIpc) is 2.65. The van der Waals surface area contributed by atoms with Gasteiger partial charge in [-0.25, -0.2) is 0 Å². The van der Waals surface area contributed by atoms with Gasteiger partial charge in [0, 0.05) is 13.1 Å². The maximum Gasteiger partial charge on any atom is 0.387 e. The van der Waals surface area contributed by atoms with Crippen LogP contribution in [0.15, 0.2) is 24.3 Å². The summed E-state index contributed by atoms with van der Waals surface area (Å²) in [5.74, 6) is -0.272. The molecule has 114 valence electrons. The molecule has 1 aliphatic heterocycles. The van der Waals surface area contributed by atoms with E-state index in [0.717, 1.165) is 6.42 Å². The topological polar surface area (TPSA) is 58.6 Å². The Kier molecular flexibility index (Phi) is 5.08. The Bertz CT molecular complexity index is 505. The lowest BCUT2D eigenvalue weighted by molar-refractivity contribution is -0.134. The van der Waals surface area contributed by atoms with Gasteiger partial charge in [0.15, 0.2) is 0 Å². The zero-order chi connectivity index (χ0) is 15.2. The molecular weight excluding hydrogens is 282 g/mol. The lowest BCUT2D eigenvalue weighted by Gasteiger charge is -2.19. The van der Waals surface area contributed by atoms with E-state index in [1.54, 1.807) is 12.1 Å². The number of amides is 2. The first-order valence-corrected chi connectivity index (χ1v) is 6.63. The van der Waals surface area contributed by atoms with Crippen LogP contribution in [-0.2, 0) is 16.0 Å². The van der Waals surface area contributed by atoms with Crippen LogP contribution < -0.4 is 10.1 Å². The van der Waals surface area contributed by atoms with Crippen LogP contribution in [0, 0.1) is 0 Å². The predicted octanol–water partition coefficient (Wildman–Crippen LogP) is 1.18. The van der Waals surface area contributed by atoms with Gasteiger partial charge in [0.2, 0.25) is 11.8 Å². The number of benzene rings is 1. The van der Waals surface area contributed by atoms with Gasteiger partial charge in [-0.05, 0) is 24.1 Å².